The predicted molar refractivity (Wildman–Crippen MR) is 99.7 cm³/mol. The molecule has 0 radical (unpaired) electrons. The number of carbonyl (C=O) groups is 1. The minimum atomic E-state index is -0.491. The van der Waals surface area contributed by atoms with Gasteiger partial charge in [-0.1, -0.05) is 49.4 Å². The second kappa shape index (κ2) is 9.84. The van der Waals surface area contributed by atoms with Gasteiger partial charge in [-0.15, -0.1) is 0 Å². The van der Waals surface area contributed by atoms with Crippen LogP contribution in [0.5, 0.6) is 5.75 Å². The van der Waals surface area contributed by atoms with Crippen LogP contribution in [-0.2, 0) is 16.1 Å². The van der Waals surface area contributed by atoms with Crippen LogP contribution >= 0.6 is 0 Å². The van der Waals surface area contributed by atoms with Crippen molar-refractivity contribution in [1.29, 1.82) is 0 Å². The molecule has 0 spiro atoms. The quantitative estimate of drug-likeness (QED) is 0.706. The Balaban J connectivity index is 1.75. The minimum Gasteiger partial charge on any atom is -0.480 e. The summed E-state index contributed by atoms with van der Waals surface area (Å²) in [6, 6.07) is 15.9. The Morgan fingerprint density at radius 2 is 1.84 bits per heavy atom. The molecular formula is C21H27NO3. The van der Waals surface area contributed by atoms with Gasteiger partial charge in [0.25, 0.3) is 5.91 Å². The summed E-state index contributed by atoms with van der Waals surface area (Å²) in [5.41, 5.74) is 3.35. The topological polar surface area (TPSA) is 47.6 Å². The van der Waals surface area contributed by atoms with E-state index in [1.54, 1.807) is 0 Å². The maximum atomic E-state index is 12.3. The molecule has 0 saturated heterocycles. The van der Waals surface area contributed by atoms with Crippen LogP contribution in [0.4, 0.5) is 0 Å². The summed E-state index contributed by atoms with van der Waals surface area (Å²) in [6.07, 6.45) is 0.124. The van der Waals surface area contributed by atoms with E-state index in [9.17, 15) is 4.79 Å². The summed E-state index contributed by atoms with van der Waals surface area (Å²) in [6.45, 7) is 7.48. The van der Waals surface area contributed by atoms with E-state index >= 15 is 0 Å². The van der Waals surface area contributed by atoms with Gasteiger partial charge in [0, 0.05) is 6.54 Å². The maximum Gasteiger partial charge on any atom is 0.261 e. The molecule has 2 aromatic rings. The molecule has 2 rings (SSSR count). The fourth-order valence-corrected chi connectivity index (χ4v) is 2.45. The lowest BCUT2D eigenvalue weighted by molar-refractivity contribution is -0.128. The first-order chi connectivity index (χ1) is 12.1. The molecule has 2 aromatic carbocycles. The predicted octanol–water partition coefficient (Wildman–Crippen LogP) is 3.79. The van der Waals surface area contributed by atoms with Gasteiger partial charge in [0.2, 0.25) is 0 Å². The maximum absolute atomic E-state index is 12.3. The third-order valence-corrected chi connectivity index (χ3v) is 4.14. The molecule has 0 fully saturated rings. The lowest BCUT2D eigenvalue weighted by Gasteiger charge is -2.19. The van der Waals surface area contributed by atoms with E-state index in [4.69, 9.17) is 9.47 Å². The fourth-order valence-electron chi connectivity index (χ4n) is 2.45. The Morgan fingerprint density at radius 3 is 2.56 bits per heavy atom. The Hall–Kier alpha value is -2.33. The van der Waals surface area contributed by atoms with Crippen LogP contribution in [0, 0.1) is 13.8 Å². The number of nitrogens with one attached hydrogen (secondary N) is 1. The van der Waals surface area contributed by atoms with Crippen molar-refractivity contribution in [3.05, 3.63) is 65.2 Å². The van der Waals surface area contributed by atoms with Crippen LogP contribution in [0.3, 0.4) is 0 Å². The second-order valence-corrected chi connectivity index (χ2v) is 6.04. The van der Waals surface area contributed by atoms with Crippen LogP contribution in [-0.4, -0.2) is 25.2 Å². The summed E-state index contributed by atoms with van der Waals surface area (Å²) < 4.78 is 11.5. The number of carbonyl (C=O) groups excluding carboxylic acids is 1. The minimum absolute atomic E-state index is 0.105. The van der Waals surface area contributed by atoms with Crippen molar-refractivity contribution in [1.82, 2.24) is 5.32 Å². The number of benzene rings is 2. The van der Waals surface area contributed by atoms with E-state index in [0.29, 0.717) is 26.2 Å². The normalized spacial score (nSPS) is 11.8. The zero-order valence-electron chi connectivity index (χ0n) is 15.2. The van der Waals surface area contributed by atoms with Gasteiger partial charge in [-0.2, -0.15) is 0 Å². The number of aryl methyl sites for hydroxylation is 1. The Morgan fingerprint density at radius 1 is 1.08 bits per heavy atom. The van der Waals surface area contributed by atoms with E-state index in [2.05, 4.69) is 5.32 Å². The molecule has 134 valence electrons. The summed E-state index contributed by atoms with van der Waals surface area (Å²) in [5.74, 6) is 0.661. The van der Waals surface area contributed by atoms with E-state index < -0.39 is 6.10 Å². The molecule has 0 aromatic heterocycles. The molecule has 0 aliphatic carbocycles. The highest BCUT2D eigenvalue weighted by Crippen LogP contribution is 2.22. The molecule has 0 heterocycles. The van der Waals surface area contributed by atoms with Crippen molar-refractivity contribution in [3.8, 4) is 5.75 Å². The van der Waals surface area contributed by atoms with Crippen molar-refractivity contribution in [2.24, 2.45) is 0 Å². The Bertz CT molecular complexity index is 670. The van der Waals surface area contributed by atoms with Gasteiger partial charge in [-0.3, -0.25) is 4.79 Å². The van der Waals surface area contributed by atoms with Gasteiger partial charge in [0.15, 0.2) is 6.10 Å². The highest BCUT2D eigenvalue weighted by Gasteiger charge is 2.18. The summed E-state index contributed by atoms with van der Waals surface area (Å²) in [5, 5.41) is 2.89. The molecule has 25 heavy (non-hydrogen) atoms. The van der Waals surface area contributed by atoms with Gasteiger partial charge in [-0.05, 0) is 43.0 Å². The Labute approximate surface area is 150 Å². The van der Waals surface area contributed by atoms with Crippen LogP contribution in [0.1, 0.15) is 30.0 Å². The van der Waals surface area contributed by atoms with Gasteiger partial charge < -0.3 is 14.8 Å². The monoisotopic (exact) mass is 341 g/mol. The van der Waals surface area contributed by atoms with Crippen molar-refractivity contribution in [2.45, 2.75) is 39.9 Å². The lowest BCUT2D eigenvalue weighted by Crippen LogP contribution is -2.39. The molecular weight excluding hydrogens is 314 g/mol. The van der Waals surface area contributed by atoms with Crippen molar-refractivity contribution in [2.75, 3.05) is 13.2 Å². The highest BCUT2D eigenvalue weighted by atomic mass is 16.5. The van der Waals surface area contributed by atoms with Crippen LogP contribution in [0.2, 0.25) is 0 Å². The van der Waals surface area contributed by atoms with Crippen LogP contribution in [0.25, 0.3) is 0 Å². The number of rotatable bonds is 9. The zero-order valence-corrected chi connectivity index (χ0v) is 15.2. The third kappa shape index (κ3) is 5.91. The molecule has 1 N–H and O–H groups in total. The SMILES string of the molecule is CC[C@@H](Oc1cccc(C)c1C)C(=O)NCCOCc1ccccc1. The molecule has 0 aliphatic rings. The number of amides is 1. The van der Waals surface area contributed by atoms with E-state index in [1.807, 2.05) is 69.3 Å². The number of hydrogen-bond donors (Lipinski definition) is 1. The first-order valence-electron chi connectivity index (χ1n) is 8.74. The zero-order chi connectivity index (χ0) is 18.1. The molecule has 4 nitrogen and oxygen atoms in total. The molecule has 1 amide bonds. The first-order valence-corrected chi connectivity index (χ1v) is 8.74. The summed E-state index contributed by atoms with van der Waals surface area (Å²) in [7, 11) is 0. The van der Waals surface area contributed by atoms with Crippen molar-refractivity contribution >= 4 is 5.91 Å². The summed E-state index contributed by atoms with van der Waals surface area (Å²) >= 11 is 0. The van der Waals surface area contributed by atoms with Gasteiger partial charge in [-0.25, -0.2) is 0 Å². The molecule has 0 unspecified atom stereocenters. The molecule has 0 saturated carbocycles. The van der Waals surface area contributed by atoms with Gasteiger partial charge in [0.1, 0.15) is 5.75 Å². The average molecular weight is 341 g/mol. The number of hydrogen-bond acceptors (Lipinski definition) is 3. The van der Waals surface area contributed by atoms with E-state index in [1.165, 1.54) is 0 Å². The largest absolute Gasteiger partial charge is 0.480 e. The van der Waals surface area contributed by atoms with E-state index in [-0.39, 0.29) is 5.91 Å². The second-order valence-electron chi connectivity index (χ2n) is 6.04. The number of ether oxygens (including phenoxy) is 2. The summed E-state index contributed by atoms with van der Waals surface area (Å²) in [4.78, 5) is 12.3. The standard InChI is InChI=1S/C21H27NO3/c1-4-19(25-20-12-8-9-16(2)17(20)3)21(23)22-13-14-24-15-18-10-6-5-7-11-18/h5-12,19H,4,13-15H2,1-3H3,(H,22,23)/t19-/m1/s1. The lowest BCUT2D eigenvalue weighted by atomic mass is 10.1. The van der Waals surface area contributed by atoms with E-state index in [0.717, 1.165) is 22.4 Å². The molecule has 0 bridgehead atoms. The smallest absolute Gasteiger partial charge is 0.261 e. The average Bonchev–Trinajstić information content (AvgIpc) is 2.63. The van der Waals surface area contributed by atoms with Gasteiger partial charge >= 0.3 is 0 Å². The molecule has 0 aliphatic heterocycles. The third-order valence-electron chi connectivity index (χ3n) is 4.14. The first kappa shape index (κ1) is 19.0. The van der Waals surface area contributed by atoms with Gasteiger partial charge in [0.05, 0.1) is 13.2 Å². The van der Waals surface area contributed by atoms with Crippen molar-refractivity contribution in [3.63, 3.8) is 0 Å². The fraction of sp³-hybridized carbons (Fsp3) is 0.381. The van der Waals surface area contributed by atoms with Crippen molar-refractivity contribution < 1.29 is 14.3 Å². The molecule has 1 atom stereocenters. The molecule has 4 heteroatoms. The highest BCUT2D eigenvalue weighted by molar-refractivity contribution is 5.81. The Kier molecular flexibility index (Phi) is 7.48. The van der Waals surface area contributed by atoms with Crippen LogP contribution in [0.15, 0.2) is 48.5 Å². The van der Waals surface area contributed by atoms with Crippen LogP contribution < -0.4 is 10.1 Å².